The number of rotatable bonds is 4. The minimum absolute atomic E-state index is 0.190. The summed E-state index contributed by atoms with van der Waals surface area (Å²) in [5.74, 6) is 0.514. The number of imidazole rings is 1. The number of nitrogens with one attached hydrogen (secondary N) is 1. The largest absolute Gasteiger partial charge is 0.345 e. The third-order valence-electron chi connectivity index (χ3n) is 3.50. The number of benzene rings is 1. The molecule has 0 aliphatic heterocycles. The molecule has 3 rings (SSSR count). The summed E-state index contributed by atoms with van der Waals surface area (Å²) in [7, 11) is 0. The first kappa shape index (κ1) is 15.2. The van der Waals surface area contributed by atoms with Crippen molar-refractivity contribution < 1.29 is 4.79 Å². The zero-order valence-electron chi connectivity index (χ0n) is 12.5. The van der Waals surface area contributed by atoms with E-state index in [2.05, 4.69) is 15.3 Å². The van der Waals surface area contributed by atoms with E-state index in [4.69, 9.17) is 11.6 Å². The second kappa shape index (κ2) is 6.62. The molecule has 1 N–H and O–H groups in total. The summed E-state index contributed by atoms with van der Waals surface area (Å²) in [6.07, 6.45) is 6.67. The number of hydrogen-bond acceptors (Lipinski definition) is 3. The van der Waals surface area contributed by atoms with Gasteiger partial charge >= 0.3 is 0 Å². The maximum absolute atomic E-state index is 12.3. The van der Waals surface area contributed by atoms with Crippen LogP contribution in [0.25, 0.3) is 5.82 Å². The number of nitrogens with zero attached hydrogens (tertiary/aromatic N) is 3. The van der Waals surface area contributed by atoms with E-state index in [9.17, 15) is 4.79 Å². The van der Waals surface area contributed by atoms with Crippen molar-refractivity contribution in [2.24, 2.45) is 0 Å². The van der Waals surface area contributed by atoms with Crippen molar-refractivity contribution in [3.05, 3.63) is 77.5 Å². The van der Waals surface area contributed by atoms with Crippen molar-refractivity contribution in [2.45, 2.75) is 13.0 Å². The predicted molar refractivity (Wildman–Crippen MR) is 88.7 cm³/mol. The van der Waals surface area contributed by atoms with Gasteiger partial charge in [0.05, 0.1) is 11.6 Å². The van der Waals surface area contributed by atoms with Gasteiger partial charge in [-0.3, -0.25) is 9.36 Å². The van der Waals surface area contributed by atoms with Gasteiger partial charge in [0.2, 0.25) is 0 Å². The number of hydrogen-bond donors (Lipinski definition) is 1. The average molecular weight is 327 g/mol. The average Bonchev–Trinajstić information content (AvgIpc) is 3.09. The van der Waals surface area contributed by atoms with Crippen LogP contribution in [0, 0.1) is 0 Å². The van der Waals surface area contributed by atoms with Crippen LogP contribution in [0.1, 0.15) is 28.9 Å². The van der Waals surface area contributed by atoms with Crippen LogP contribution in [0.3, 0.4) is 0 Å². The molecular weight excluding hydrogens is 312 g/mol. The van der Waals surface area contributed by atoms with Crippen LogP contribution >= 0.6 is 11.6 Å². The van der Waals surface area contributed by atoms with Crippen LogP contribution in [0.5, 0.6) is 0 Å². The van der Waals surface area contributed by atoms with Crippen LogP contribution in [-0.4, -0.2) is 20.4 Å². The molecule has 3 aromatic rings. The van der Waals surface area contributed by atoms with Crippen molar-refractivity contribution in [1.29, 1.82) is 0 Å². The summed E-state index contributed by atoms with van der Waals surface area (Å²) in [5, 5.41) is 3.56. The van der Waals surface area contributed by atoms with Gasteiger partial charge < -0.3 is 5.32 Å². The molecule has 0 aliphatic rings. The molecule has 0 radical (unpaired) electrons. The molecule has 0 fully saturated rings. The van der Waals surface area contributed by atoms with E-state index in [1.807, 2.05) is 25.1 Å². The molecule has 2 aromatic heterocycles. The molecule has 5 nitrogen and oxygen atoms in total. The van der Waals surface area contributed by atoms with Gasteiger partial charge in [-0.15, -0.1) is 0 Å². The Labute approximate surface area is 139 Å². The Balaban J connectivity index is 1.72. The minimum Gasteiger partial charge on any atom is -0.345 e. The summed E-state index contributed by atoms with van der Waals surface area (Å²) >= 11 is 6.15. The Morgan fingerprint density at radius 3 is 2.74 bits per heavy atom. The van der Waals surface area contributed by atoms with Gasteiger partial charge in [-0.2, -0.15) is 0 Å². The smallest absolute Gasteiger partial charge is 0.253 e. The molecule has 2 heterocycles. The Morgan fingerprint density at radius 2 is 2.09 bits per heavy atom. The highest BCUT2D eigenvalue weighted by Crippen LogP contribution is 2.22. The topological polar surface area (TPSA) is 59.8 Å². The zero-order chi connectivity index (χ0) is 16.2. The standard InChI is InChI=1S/C17H15ClN4O/c1-12(14-4-2-3-5-15(14)18)21-17(23)13-6-7-16(20-10-13)22-9-8-19-11-22/h2-12H,1H3,(H,21,23). The van der Waals surface area contributed by atoms with E-state index in [1.54, 1.807) is 47.7 Å². The molecule has 116 valence electrons. The van der Waals surface area contributed by atoms with Crippen LogP contribution in [-0.2, 0) is 0 Å². The van der Waals surface area contributed by atoms with E-state index >= 15 is 0 Å². The highest BCUT2D eigenvalue weighted by molar-refractivity contribution is 6.31. The van der Waals surface area contributed by atoms with Gasteiger partial charge in [-0.05, 0) is 30.7 Å². The quantitative estimate of drug-likeness (QED) is 0.799. The molecule has 1 atom stereocenters. The molecule has 0 bridgehead atoms. The van der Waals surface area contributed by atoms with Crippen LogP contribution in [0.2, 0.25) is 5.02 Å². The number of carbonyl (C=O) groups is 1. The van der Waals surface area contributed by atoms with Crippen molar-refractivity contribution in [3.8, 4) is 5.82 Å². The molecule has 0 saturated carbocycles. The molecule has 0 spiro atoms. The van der Waals surface area contributed by atoms with Crippen LogP contribution in [0.4, 0.5) is 0 Å². The summed E-state index contributed by atoms with van der Waals surface area (Å²) in [6.45, 7) is 1.90. The maximum atomic E-state index is 12.3. The fourth-order valence-corrected chi connectivity index (χ4v) is 2.55. The Kier molecular flexibility index (Phi) is 4.39. The monoisotopic (exact) mass is 326 g/mol. The SMILES string of the molecule is CC(NC(=O)c1ccc(-n2ccnc2)nc1)c1ccccc1Cl. The third kappa shape index (κ3) is 3.40. The Bertz CT molecular complexity index is 800. The fourth-order valence-electron chi connectivity index (χ4n) is 2.25. The van der Waals surface area contributed by atoms with E-state index in [1.165, 1.54) is 0 Å². The lowest BCUT2D eigenvalue weighted by molar-refractivity contribution is 0.0939. The maximum Gasteiger partial charge on any atom is 0.253 e. The van der Waals surface area contributed by atoms with E-state index < -0.39 is 0 Å². The number of aromatic nitrogens is 3. The van der Waals surface area contributed by atoms with E-state index in [0.29, 0.717) is 16.4 Å². The lowest BCUT2D eigenvalue weighted by Crippen LogP contribution is -2.27. The Morgan fingerprint density at radius 1 is 1.26 bits per heavy atom. The van der Waals surface area contributed by atoms with Crippen molar-refractivity contribution >= 4 is 17.5 Å². The first-order chi connectivity index (χ1) is 11.1. The van der Waals surface area contributed by atoms with Gasteiger partial charge in [-0.1, -0.05) is 29.8 Å². The van der Waals surface area contributed by atoms with Gasteiger partial charge in [0, 0.05) is 23.6 Å². The fraction of sp³-hybridized carbons (Fsp3) is 0.118. The molecule has 1 unspecified atom stereocenters. The Hall–Kier alpha value is -2.66. The normalized spacial score (nSPS) is 11.9. The molecule has 23 heavy (non-hydrogen) atoms. The summed E-state index contributed by atoms with van der Waals surface area (Å²) in [5.41, 5.74) is 1.37. The van der Waals surface area contributed by atoms with Gasteiger partial charge in [0.25, 0.3) is 5.91 Å². The molecule has 1 amide bonds. The van der Waals surface area contributed by atoms with Crippen molar-refractivity contribution in [3.63, 3.8) is 0 Å². The van der Waals surface area contributed by atoms with Crippen LogP contribution < -0.4 is 5.32 Å². The number of halogens is 1. The van der Waals surface area contributed by atoms with E-state index in [0.717, 1.165) is 5.56 Å². The van der Waals surface area contributed by atoms with Crippen molar-refractivity contribution in [2.75, 3.05) is 0 Å². The van der Waals surface area contributed by atoms with E-state index in [-0.39, 0.29) is 11.9 Å². The number of amides is 1. The summed E-state index contributed by atoms with van der Waals surface area (Å²) < 4.78 is 1.77. The van der Waals surface area contributed by atoms with Gasteiger partial charge in [0.1, 0.15) is 12.1 Å². The molecule has 1 aromatic carbocycles. The molecular formula is C17H15ClN4O. The van der Waals surface area contributed by atoms with Crippen molar-refractivity contribution in [1.82, 2.24) is 19.9 Å². The lowest BCUT2D eigenvalue weighted by Gasteiger charge is -2.15. The predicted octanol–water partition coefficient (Wildman–Crippen LogP) is 3.41. The second-order valence-corrected chi connectivity index (χ2v) is 5.50. The molecule has 6 heteroatoms. The first-order valence-electron chi connectivity index (χ1n) is 7.15. The first-order valence-corrected chi connectivity index (χ1v) is 7.52. The van der Waals surface area contributed by atoms with Gasteiger partial charge in [-0.25, -0.2) is 9.97 Å². The summed E-state index contributed by atoms with van der Waals surface area (Å²) in [4.78, 5) is 20.6. The highest BCUT2D eigenvalue weighted by atomic mass is 35.5. The number of pyridine rings is 1. The number of carbonyl (C=O) groups excluding carboxylic acids is 1. The summed E-state index contributed by atoms with van der Waals surface area (Å²) in [6, 6.07) is 10.8. The van der Waals surface area contributed by atoms with Gasteiger partial charge in [0.15, 0.2) is 0 Å². The zero-order valence-corrected chi connectivity index (χ0v) is 13.2. The lowest BCUT2D eigenvalue weighted by atomic mass is 10.1. The minimum atomic E-state index is -0.192. The molecule has 0 saturated heterocycles. The highest BCUT2D eigenvalue weighted by Gasteiger charge is 2.14. The van der Waals surface area contributed by atoms with Crippen LogP contribution in [0.15, 0.2) is 61.3 Å². The molecule has 0 aliphatic carbocycles. The third-order valence-corrected chi connectivity index (χ3v) is 3.84. The second-order valence-electron chi connectivity index (χ2n) is 5.09.